The summed E-state index contributed by atoms with van der Waals surface area (Å²) in [5.41, 5.74) is -0.730. The molecule has 1 rings (SSSR count). The fourth-order valence-electron chi connectivity index (χ4n) is 0.781. The van der Waals surface area contributed by atoms with Crippen molar-refractivity contribution < 1.29 is 19.4 Å². The van der Waals surface area contributed by atoms with Gasteiger partial charge in [0.25, 0.3) is 0 Å². The number of benzene rings is 1. The van der Waals surface area contributed by atoms with Crippen LogP contribution in [-0.2, 0) is 0 Å². The van der Waals surface area contributed by atoms with Gasteiger partial charge in [-0.1, -0.05) is 23.2 Å². The van der Waals surface area contributed by atoms with Crippen molar-refractivity contribution in [1.29, 1.82) is 0 Å². The molecule has 0 unspecified atom stereocenters. The molecule has 0 aliphatic carbocycles. The van der Waals surface area contributed by atoms with Crippen LogP contribution in [0.3, 0.4) is 0 Å². The predicted molar refractivity (Wildman–Crippen MR) is 45.0 cm³/mol. The summed E-state index contributed by atoms with van der Waals surface area (Å²) in [7, 11) is 0. The molecular formula is C7H3Cl2FO3. The number of carboxylic acids is 1. The van der Waals surface area contributed by atoms with Gasteiger partial charge in [-0.25, -0.2) is 9.18 Å². The van der Waals surface area contributed by atoms with Crippen LogP contribution in [-0.4, -0.2) is 16.2 Å². The molecule has 0 atom stereocenters. The van der Waals surface area contributed by atoms with E-state index in [1.165, 1.54) is 0 Å². The average molecular weight is 225 g/mol. The standard InChI is InChI=1S/C7H3Cl2FO3/c8-2-1-3(10)5(9)4(6(2)11)7(12)13/h1,11H,(H,12,13). The Morgan fingerprint density at radius 3 is 2.46 bits per heavy atom. The van der Waals surface area contributed by atoms with Crippen molar-refractivity contribution in [2.45, 2.75) is 0 Å². The van der Waals surface area contributed by atoms with E-state index >= 15 is 0 Å². The molecule has 6 heteroatoms. The Morgan fingerprint density at radius 1 is 1.46 bits per heavy atom. The third-order valence-corrected chi connectivity index (χ3v) is 2.02. The lowest BCUT2D eigenvalue weighted by Gasteiger charge is -2.04. The molecule has 0 heterocycles. The van der Waals surface area contributed by atoms with Crippen LogP contribution < -0.4 is 0 Å². The first-order valence-corrected chi connectivity index (χ1v) is 3.80. The molecule has 0 amide bonds. The fourth-order valence-corrected chi connectivity index (χ4v) is 1.20. The summed E-state index contributed by atoms with van der Waals surface area (Å²) >= 11 is 10.6. The first-order chi connectivity index (χ1) is 5.95. The number of phenols is 1. The van der Waals surface area contributed by atoms with Crippen molar-refractivity contribution in [3.8, 4) is 5.75 Å². The number of rotatable bonds is 1. The minimum Gasteiger partial charge on any atom is -0.505 e. The summed E-state index contributed by atoms with van der Waals surface area (Å²) in [6.45, 7) is 0. The van der Waals surface area contributed by atoms with Crippen molar-refractivity contribution in [3.63, 3.8) is 0 Å². The molecule has 3 nitrogen and oxygen atoms in total. The summed E-state index contributed by atoms with van der Waals surface area (Å²) in [4.78, 5) is 10.5. The second-order valence-corrected chi connectivity index (χ2v) is 2.97. The number of hydrogen-bond acceptors (Lipinski definition) is 2. The average Bonchev–Trinajstić information content (AvgIpc) is 2.01. The summed E-state index contributed by atoms with van der Waals surface area (Å²) in [6.07, 6.45) is 0. The van der Waals surface area contributed by atoms with E-state index in [1.54, 1.807) is 0 Å². The molecule has 0 aliphatic rings. The third-order valence-electron chi connectivity index (χ3n) is 1.36. The maximum Gasteiger partial charge on any atom is 0.341 e. The Morgan fingerprint density at radius 2 is 2.00 bits per heavy atom. The molecule has 0 fully saturated rings. The van der Waals surface area contributed by atoms with Gasteiger partial charge in [0.2, 0.25) is 0 Å². The molecule has 70 valence electrons. The van der Waals surface area contributed by atoms with Gasteiger partial charge < -0.3 is 10.2 Å². The Balaban J connectivity index is 3.56. The highest BCUT2D eigenvalue weighted by atomic mass is 35.5. The first-order valence-electron chi connectivity index (χ1n) is 3.05. The number of halogens is 3. The van der Waals surface area contributed by atoms with Crippen molar-refractivity contribution >= 4 is 29.2 Å². The molecule has 0 aliphatic heterocycles. The van der Waals surface area contributed by atoms with Crippen molar-refractivity contribution in [2.24, 2.45) is 0 Å². The molecular weight excluding hydrogens is 222 g/mol. The molecule has 0 radical (unpaired) electrons. The number of aromatic carboxylic acids is 1. The van der Waals surface area contributed by atoms with Crippen LogP contribution in [0.1, 0.15) is 10.4 Å². The molecule has 0 saturated heterocycles. The number of carboxylic acid groups (broad SMARTS) is 1. The monoisotopic (exact) mass is 224 g/mol. The van der Waals surface area contributed by atoms with E-state index in [0.29, 0.717) is 0 Å². The van der Waals surface area contributed by atoms with Crippen molar-refractivity contribution in [2.75, 3.05) is 0 Å². The molecule has 0 spiro atoms. The molecule has 13 heavy (non-hydrogen) atoms. The van der Waals surface area contributed by atoms with E-state index < -0.39 is 28.1 Å². The van der Waals surface area contributed by atoms with Crippen LogP contribution in [0.2, 0.25) is 10.0 Å². The molecule has 2 N–H and O–H groups in total. The third kappa shape index (κ3) is 1.68. The van der Waals surface area contributed by atoms with E-state index in [4.69, 9.17) is 33.4 Å². The van der Waals surface area contributed by atoms with Crippen LogP contribution >= 0.6 is 23.2 Å². The van der Waals surface area contributed by atoms with E-state index in [0.717, 1.165) is 6.07 Å². The van der Waals surface area contributed by atoms with Gasteiger partial charge >= 0.3 is 5.97 Å². The van der Waals surface area contributed by atoms with Crippen molar-refractivity contribution in [1.82, 2.24) is 0 Å². The minimum absolute atomic E-state index is 0.390. The highest BCUT2D eigenvalue weighted by Crippen LogP contribution is 2.34. The van der Waals surface area contributed by atoms with Crippen molar-refractivity contribution in [3.05, 3.63) is 27.5 Å². The van der Waals surface area contributed by atoms with Gasteiger partial charge in [0, 0.05) is 0 Å². The van der Waals surface area contributed by atoms with Gasteiger partial charge in [-0.2, -0.15) is 0 Å². The fraction of sp³-hybridized carbons (Fsp3) is 0. The Bertz CT molecular complexity index is 352. The SMILES string of the molecule is O=C(O)c1c(O)c(Cl)cc(F)c1Cl. The summed E-state index contributed by atoms with van der Waals surface area (Å²) in [5.74, 6) is -3.26. The maximum absolute atomic E-state index is 12.8. The number of hydrogen-bond donors (Lipinski definition) is 2. The Kier molecular flexibility index (Phi) is 2.63. The van der Waals surface area contributed by atoms with Crippen LogP contribution in [0.5, 0.6) is 5.75 Å². The Labute approximate surface area is 82.3 Å². The Hall–Kier alpha value is -1.00. The first kappa shape index (κ1) is 10.1. The molecule has 1 aromatic rings. The van der Waals surface area contributed by atoms with Crippen LogP contribution in [0, 0.1) is 5.82 Å². The van der Waals surface area contributed by atoms with Gasteiger partial charge in [0.05, 0.1) is 10.0 Å². The molecule has 1 aromatic carbocycles. The van der Waals surface area contributed by atoms with Gasteiger partial charge in [0.15, 0.2) is 0 Å². The lowest BCUT2D eigenvalue weighted by molar-refractivity contribution is 0.0693. The van der Waals surface area contributed by atoms with E-state index in [9.17, 15) is 9.18 Å². The summed E-state index contributed by atoms with van der Waals surface area (Å²) < 4.78 is 12.8. The van der Waals surface area contributed by atoms with E-state index in [1.807, 2.05) is 0 Å². The molecule has 0 aromatic heterocycles. The zero-order chi connectivity index (χ0) is 10.2. The number of carbonyl (C=O) groups is 1. The summed E-state index contributed by atoms with van der Waals surface area (Å²) in [5, 5.41) is 16.6. The summed E-state index contributed by atoms with van der Waals surface area (Å²) in [6, 6.07) is 0.742. The van der Waals surface area contributed by atoms with Crippen LogP contribution in [0.25, 0.3) is 0 Å². The maximum atomic E-state index is 12.8. The largest absolute Gasteiger partial charge is 0.505 e. The topological polar surface area (TPSA) is 57.5 Å². The highest BCUT2D eigenvalue weighted by Gasteiger charge is 2.20. The quantitative estimate of drug-likeness (QED) is 0.722. The molecule has 0 saturated carbocycles. The van der Waals surface area contributed by atoms with E-state index in [2.05, 4.69) is 0 Å². The minimum atomic E-state index is -1.54. The molecule has 0 bridgehead atoms. The smallest absolute Gasteiger partial charge is 0.341 e. The number of aromatic hydroxyl groups is 1. The lowest BCUT2D eigenvalue weighted by atomic mass is 10.2. The zero-order valence-corrected chi connectivity index (χ0v) is 7.53. The van der Waals surface area contributed by atoms with Crippen LogP contribution in [0.4, 0.5) is 4.39 Å². The van der Waals surface area contributed by atoms with Gasteiger partial charge in [-0.3, -0.25) is 0 Å². The van der Waals surface area contributed by atoms with Crippen LogP contribution in [0.15, 0.2) is 6.07 Å². The second-order valence-electron chi connectivity index (χ2n) is 2.18. The highest BCUT2D eigenvalue weighted by molar-refractivity contribution is 6.37. The van der Waals surface area contributed by atoms with Gasteiger partial charge in [-0.15, -0.1) is 0 Å². The van der Waals surface area contributed by atoms with Gasteiger partial charge in [0.1, 0.15) is 17.1 Å². The normalized spacial score (nSPS) is 10.1. The lowest BCUT2D eigenvalue weighted by Crippen LogP contribution is -2.00. The second kappa shape index (κ2) is 3.40. The van der Waals surface area contributed by atoms with Gasteiger partial charge in [-0.05, 0) is 6.07 Å². The zero-order valence-electron chi connectivity index (χ0n) is 6.01. The predicted octanol–water partition coefficient (Wildman–Crippen LogP) is 2.54. The van der Waals surface area contributed by atoms with E-state index in [-0.39, 0.29) is 5.02 Å².